The van der Waals surface area contributed by atoms with Crippen LogP contribution in [0, 0.1) is 0 Å². The predicted molar refractivity (Wildman–Crippen MR) is 392 cm³/mol. The van der Waals surface area contributed by atoms with Crippen LogP contribution in [0.3, 0.4) is 0 Å². The van der Waals surface area contributed by atoms with Crippen molar-refractivity contribution in [1.29, 1.82) is 0 Å². The van der Waals surface area contributed by atoms with Crippen molar-refractivity contribution < 1.29 is 89.4 Å². The number of amides is 1. The first-order chi connectivity index (χ1) is 48.3. The molecule has 3 saturated heterocycles. The lowest BCUT2D eigenvalue weighted by Gasteiger charge is -2.48. The number of ether oxygens (including phenoxy) is 6. The summed E-state index contributed by atoms with van der Waals surface area (Å²) < 4.78 is 34.4. The molecule has 0 bridgehead atoms. The smallest absolute Gasteiger partial charge is 0.220 e. The first kappa shape index (κ1) is 89.9. The van der Waals surface area contributed by atoms with Crippen LogP contribution in [0.15, 0.2) is 97.2 Å². The van der Waals surface area contributed by atoms with Gasteiger partial charge in [0.15, 0.2) is 18.9 Å². The van der Waals surface area contributed by atoms with Crippen LogP contribution in [-0.2, 0) is 33.2 Å². The molecule has 12 N–H and O–H groups in total. The summed E-state index contributed by atoms with van der Waals surface area (Å²) in [6, 6.07) is -0.975. The number of aliphatic hydroxyl groups is 11. The van der Waals surface area contributed by atoms with E-state index in [-0.39, 0.29) is 18.9 Å². The van der Waals surface area contributed by atoms with Gasteiger partial charge in [-0.05, 0) is 77.0 Å². The highest BCUT2D eigenvalue weighted by atomic mass is 16.8. The van der Waals surface area contributed by atoms with E-state index >= 15 is 0 Å². The van der Waals surface area contributed by atoms with Gasteiger partial charge in [-0.3, -0.25) is 4.79 Å². The average Bonchev–Trinajstić information content (AvgIpc) is 0.785. The number of carbonyl (C=O) groups excluding carboxylic acids is 1. The van der Waals surface area contributed by atoms with E-state index in [1.54, 1.807) is 6.08 Å². The van der Waals surface area contributed by atoms with Crippen LogP contribution in [0.5, 0.6) is 0 Å². The lowest BCUT2D eigenvalue weighted by molar-refractivity contribution is -0.379. The van der Waals surface area contributed by atoms with Gasteiger partial charge in [-0.15, -0.1) is 0 Å². The van der Waals surface area contributed by atoms with Gasteiger partial charge in [0.1, 0.15) is 73.2 Å². The molecular formula is C80H139NO18. The summed E-state index contributed by atoms with van der Waals surface area (Å²) in [5.41, 5.74) is 0. The fourth-order valence-electron chi connectivity index (χ4n) is 12.6. The van der Waals surface area contributed by atoms with Crippen molar-refractivity contribution in [3.63, 3.8) is 0 Å². The van der Waals surface area contributed by atoms with Crippen LogP contribution in [0.2, 0.25) is 0 Å². The molecule has 3 fully saturated rings. The van der Waals surface area contributed by atoms with Gasteiger partial charge in [0.25, 0.3) is 0 Å². The topological polar surface area (TPSA) is 307 Å². The zero-order valence-electron chi connectivity index (χ0n) is 60.9. The highest BCUT2D eigenvalue weighted by Crippen LogP contribution is 2.33. The molecule has 19 heteroatoms. The first-order valence-electron chi connectivity index (χ1n) is 39.0. The number of unbranched alkanes of at least 4 members (excludes halogenated alkanes) is 30. The molecule has 3 heterocycles. The summed E-state index contributed by atoms with van der Waals surface area (Å²) in [4.78, 5) is 13.4. The summed E-state index contributed by atoms with van der Waals surface area (Å²) in [7, 11) is 0. The Balaban J connectivity index is 1.29. The highest BCUT2D eigenvalue weighted by Gasteiger charge is 2.53. The number of allylic oxidation sites excluding steroid dienone is 15. The third kappa shape index (κ3) is 40.5. The Kier molecular flexibility index (Phi) is 54.5. The molecule has 3 aliphatic heterocycles. The molecular weight excluding hydrogens is 1260 g/mol. The molecule has 0 radical (unpaired) electrons. The van der Waals surface area contributed by atoms with Gasteiger partial charge < -0.3 is 89.9 Å². The third-order valence-corrected chi connectivity index (χ3v) is 18.9. The summed E-state index contributed by atoms with van der Waals surface area (Å²) in [6.45, 7) is 1.61. The first-order valence-corrected chi connectivity index (χ1v) is 39.0. The Bertz CT molecular complexity index is 2170. The van der Waals surface area contributed by atoms with Gasteiger partial charge in [0, 0.05) is 6.42 Å². The Morgan fingerprint density at radius 2 is 0.697 bits per heavy atom. The maximum atomic E-state index is 13.4. The number of carbonyl (C=O) groups is 1. The van der Waals surface area contributed by atoms with Gasteiger partial charge in [-0.1, -0.05) is 284 Å². The fraction of sp³-hybridized carbons (Fsp3) is 0.787. The monoisotopic (exact) mass is 1400 g/mol. The van der Waals surface area contributed by atoms with Crippen LogP contribution < -0.4 is 5.32 Å². The van der Waals surface area contributed by atoms with E-state index in [0.29, 0.717) is 6.42 Å². The minimum absolute atomic E-state index is 0.242. The van der Waals surface area contributed by atoms with E-state index in [0.717, 1.165) is 89.9 Å². The fourth-order valence-corrected chi connectivity index (χ4v) is 12.6. The molecule has 99 heavy (non-hydrogen) atoms. The SMILES string of the molecule is CC/C=C\C/C=C\C/C=C\C/C=C\C/C=C\C/C=C\C/C=C\CCCCCCCCCCCCCCCCCCCCCC(=O)NC(COC1OC(CO)C(OC2OC(CO)C(OC3OC(CO)C(O)C(O)C3O)C(O)C2O)C(O)C1O)C(O)/C=C/CCCCCCCCCCCCC. The van der Waals surface area contributed by atoms with Crippen molar-refractivity contribution >= 4 is 5.91 Å². The normalized spacial score (nSPS) is 27.1. The van der Waals surface area contributed by atoms with Gasteiger partial charge >= 0.3 is 0 Å². The van der Waals surface area contributed by atoms with Crippen molar-refractivity contribution in [2.75, 3.05) is 26.4 Å². The summed E-state index contributed by atoms with van der Waals surface area (Å²) >= 11 is 0. The van der Waals surface area contributed by atoms with E-state index in [1.165, 1.54) is 154 Å². The van der Waals surface area contributed by atoms with Crippen LogP contribution in [0.1, 0.15) is 271 Å². The van der Waals surface area contributed by atoms with Crippen molar-refractivity contribution in [2.24, 2.45) is 0 Å². The lowest BCUT2D eigenvalue weighted by Crippen LogP contribution is -2.66. The molecule has 19 nitrogen and oxygen atoms in total. The molecule has 0 aromatic rings. The zero-order chi connectivity index (χ0) is 71.8. The second-order valence-corrected chi connectivity index (χ2v) is 27.4. The minimum atomic E-state index is -1.98. The van der Waals surface area contributed by atoms with Crippen molar-refractivity contribution in [3.8, 4) is 0 Å². The quantitative estimate of drug-likeness (QED) is 0.0199. The Labute approximate surface area is 596 Å². The summed E-state index contributed by atoms with van der Waals surface area (Å²) in [5, 5.41) is 121. The molecule has 0 spiro atoms. The maximum absolute atomic E-state index is 13.4. The largest absolute Gasteiger partial charge is 0.394 e. The lowest BCUT2D eigenvalue weighted by atomic mass is 9.96. The summed E-state index contributed by atoms with van der Waals surface area (Å²) in [5.74, 6) is -0.276. The molecule has 3 rings (SSSR count). The van der Waals surface area contributed by atoms with Gasteiger partial charge in [0.2, 0.25) is 5.91 Å². The second-order valence-electron chi connectivity index (χ2n) is 27.4. The second kappa shape index (κ2) is 60.0. The Hall–Kier alpha value is -3.29. The molecule has 1 amide bonds. The summed E-state index contributed by atoms with van der Waals surface area (Å²) in [6.07, 6.45) is 54.1. The van der Waals surface area contributed by atoms with Gasteiger partial charge in [-0.25, -0.2) is 0 Å². The third-order valence-electron chi connectivity index (χ3n) is 18.9. The molecule has 17 unspecified atom stereocenters. The molecule has 0 aromatic heterocycles. The van der Waals surface area contributed by atoms with Gasteiger partial charge in [-0.2, -0.15) is 0 Å². The Morgan fingerprint density at radius 1 is 0.374 bits per heavy atom. The number of aliphatic hydroxyl groups excluding tert-OH is 11. The zero-order valence-corrected chi connectivity index (χ0v) is 60.9. The van der Waals surface area contributed by atoms with Crippen molar-refractivity contribution in [3.05, 3.63) is 97.2 Å². The number of hydrogen-bond donors (Lipinski definition) is 12. The van der Waals surface area contributed by atoms with Gasteiger partial charge in [0.05, 0.1) is 38.6 Å². The minimum Gasteiger partial charge on any atom is -0.394 e. The van der Waals surface area contributed by atoms with E-state index in [4.69, 9.17) is 28.4 Å². The molecule has 572 valence electrons. The number of hydrogen-bond acceptors (Lipinski definition) is 18. The van der Waals surface area contributed by atoms with Crippen LogP contribution in [0.4, 0.5) is 0 Å². The maximum Gasteiger partial charge on any atom is 0.220 e. The van der Waals surface area contributed by atoms with Crippen LogP contribution >= 0.6 is 0 Å². The predicted octanol–water partition coefficient (Wildman–Crippen LogP) is 12.4. The van der Waals surface area contributed by atoms with E-state index in [9.17, 15) is 61.0 Å². The molecule has 3 aliphatic rings. The number of rotatable bonds is 60. The molecule has 17 atom stereocenters. The highest BCUT2D eigenvalue weighted by molar-refractivity contribution is 5.76. The van der Waals surface area contributed by atoms with E-state index < -0.39 is 124 Å². The Morgan fingerprint density at radius 3 is 1.09 bits per heavy atom. The van der Waals surface area contributed by atoms with Crippen LogP contribution in [-0.4, -0.2) is 193 Å². The molecule has 0 saturated carbocycles. The van der Waals surface area contributed by atoms with Crippen LogP contribution in [0.25, 0.3) is 0 Å². The average molecular weight is 1400 g/mol. The van der Waals surface area contributed by atoms with E-state index in [1.807, 2.05) is 6.08 Å². The standard InChI is InChI=1S/C80H139NO18/c1-3-5-7-9-11-13-15-17-18-19-20-21-22-23-24-25-26-27-28-29-30-31-32-33-34-35-36-37-38-39-40-41-42-43-44-46-48-50-52-54-56-58-68(86)81-63(64(85)57-55-53-51-49-47-45-16-14-12-10-8-6-4-2)62-94-78-74(92)71(89)76(66(60-83)96-78)99-80-75(93)72(90)77(67(61-84)97-80)98-79-73(91)70(88)69(87)65(59-82)95-79/h5,7,11,13,17-18,20-21,23-24,26-27,29-30,55,57,63-67,69-80,82-85,87-93H,3-4,6,8-10,12,14-16,19,22,25,28,31-54,56,58-62H2,1-2H3,(H,81,86)/b7-5-,13-11-,18-17-,21-20-,24-23-,27-26-,30-29-,57-55+. The number of nitrogens with one attached hydrogen (secondary N) is 1. The van der Waals surface area contributed by atoms with E-state index in [2.05, 4.69) is 104 Å². The molecule has 0 aliphatic carbocycles. The van der Waals surface area contributed by atoms with Crippen molar-refractivity contribution in [2.45, 2.75) is 375 Å². The molecule has 0 aromatic carbocycles. The van der Waals surface area contributed by atoms with Crippen molar-refractivity contribution in [1.82, 2.24) is 5.32 Å².